The number of rotatable bonds is 17. The average molecular weight is 849 g/mol. The minimum Gasteiger partial charge on any atom is -0.489 e. The second-order valence-electron chi connectivity index (χ2n) is 15.2. The number of halogens is 6. The normalized spacial score (nSPS) is 16.6. The van der Waals surface area contributed by atoms with E-state index in [0.717, 1.165) is 54.3 Å². The Bertz CT molecular complexity index is 2080. The van der Waals surface area contributed by atoms with Crippen LogP contribution in [0.4, 0.5) is 38.0 Å². The first kappa shape index (κ1) is 45.2. The molecule has 0 unspecified atom stereocenters. The van der Waals surface area contributed by atoms with Crippen LogP contribution in [0.3, 0.4) is 0 Å². The van der Waals surface area contributed by atoms with Gasteiger partial charge in [-0.25, -0.2) is 18.4 Å². The summed E-state index contributed by atoms with van der Waals surface area (Å²) in [6, 6.07) is 15.8. The number of carbonyl (C=O) groups is 1. The van der Waals surface area contributed by atoms with Gasteiger partial charge in [0.05, 0.1) is 35.3 Å². The number of aryl methyl sites for hydroxylation is 1. The van der Waals surface area contributed by atoms with E-state index < -0.39 is 39.4 Å². The van der Waals surface area contributed by atoms with Gasteiger partial charge in [-0.3, -0.25) is 4.79 Å². The van der Waals surface area contributed by atoms with Crippen LogP contribution in [-0.4, -0.2) is 56.1 Å². The van der Waals surface area contributed by atoms with E-state index in [2.05, 4.69) is 14.9 Å². The van der Waals surface area contributed by atoms with Crippen LogP contribution in [-0.2, 0) is 44.9 Å². The number of alkyl halides is 6. The van der Waals surface area contributed by atoms with Gasteiger partial charge in [0.1, 0.15) is 13.2 Å². The summed E-state index contributed by atoms with van der Waals surface area (Å²) in [5.41, 5.74) is 0.320. The molecular formula is C43H50F6N4O5S. The SMILES string of the molecule is CCN(C[C@H]1CC[C@H](CC(=O)OCc2ccccc2)CC1)c1ccc(C)cc1CN(c1ncc(OCCS(C)(=O)=O)cn1)[C@@H](C)c1cc(C(F)(F)F)cc(C(F)(F)F)c1. The van der Waals surface area contributed by atoms with Crippen molar-refractivity contribution in [3.63, 3.8) is 0 Å². The van der Waals surface area contributed by atoms with E-state index in [1.54, 1.807) is 4.90 Å². The standard InChI is InChI=1S/C43H50F6N4O5S/c1-5-52(26-32-14-12-31(13-15-32)20-40(54)58-28-33-9-7-6-8-10-33)39-16-11-29(2)19-35(39)27-53(41-50-24-38(25-51-41)57-17-18-59(4,55)56)30(3)34-21-36(42(44,45)46)23-37(22-34)43(47,48)49/h6-11,16,19,21-25,30-32H,5,12-15,17-18,20,26-28H2,1-4H3/t30-,31-,32-/m0/s1. The van der Waals surface area contributed by atoms with Crippen molar-refractivity contribution in [2.45, 2.75) is 84.4 Å². The van der Waals surface area contributed by atoms with E-state index >= 15 is 0 Å². The molecule has 9 nitrogen and oxygen atoms in total. The number of esters is 1. The molecule has 0 spiro atoms. The largest absolute Gasteiger partial charge is 0.489 e. The molecule has 1 aliphatic carbocycles. The van der Waals surface area contributed by atoms with Crippen molar-refractivity contribution in [1.29, 1.82) is 0 Å². The zero-order chi connectivity index (χ0) is 43.0. The van der Waals surface area contributed by atoms with Gasteiger partial charge in [0.15, 0.2) is 15.6 Å². The Labute approximate surface area is 341 Å². The smallest absolute Gasteiger partial charge is 0.416 e. The Morgan fingerprint density at radius 1 is 0.881 bits per heavy atom. The molecule has 1 aromatic heterocycles. The third-order valence-corrected chi connectivity index (χ3v) is 11.5. The van der Waals surface area contributed by atoms with Gasteiger partial charge in [-0.05, 0) is 99.2 Å². The highest BCUT2D eigenvalue weighted by molar-refractivity contribution is 7.90. The molecule has 4 aromatic rings. The fourth-order valence-corrected chi connectivity index (χ4v) is 7.70. The van der Waals surface area contributed by atoms with Crippen molar-refractivity contribution < 1.29 is 49.0 Å². The lowest BCUT2D eigenvalue weighted by Gasteiger charge is -2.36. The Morgan fingerprint density at radius 2 is 1.49 bits per heavy atom. The molecule has 5 rings (SSSR count). The number of carbonyl (C=O) groups excluding carboxylic acids is 1. The first-order chi connectivity index (χ1) is 27.8. The molecule has 0 amide bonds. The molecule has 0 radical (unpaired) electrons. The number of ether oxygens (including phenoxy) is 2. The average Bonchev–Trinajstić information content (AvgIpc) is 3.18. The van der Waals surface area contributed by atoms with Gasteiger partial charge in [-0.1, -0.05) is 48.0 Å². The lowest BCUT2D eigenvalue weighted by Crippen LogP contribution is -2.34. The van der Waals surface area contributed by atoms with Crippen LogP contribution in [0.2, 0.25) is 0 Å². The lowest BCUT2D eigenvalue weighted by molar-refractivity contribution is -0.146. The first-order valence-electron chi connectivity index (χ1n) is 19.5. The molecule has 320 valence electrons. The number of nitrogens with zero attached hydrogens (tertiary/aromatic N) is 4. The van der Waals surface area contributed by atoms with Crippen LogP contribution in [0.25, 0.3) is 0 Å². The topological polar surface area (TPSA) is 102 Å². The number of aromatic nitrogens is 2. The summed E-state index contributed by atoms with van der Waals surface area (Å²) in [7, 11) is -3.32. The van der Waals surface area contributed by atoms with E-state index in [0.29, 0.717) is 37.6 Å². The number of sulfone groups is 1. The van der Waals surface area contributed by atoms with Crippen molar-refractivity contribution in [2.24, 2.45) is 11.8 Å². The third-order valence-electron chi connectivity index (χ3n) is 10.6. The van der Waals surface area contributed by atoms with Gasteiger partial charge in [0, 0.05) is 38.0 Å². The summed E-state index contributed by atoms with van der Waals surface area (Å²) >= 11 is 0. The maximum Gasteiger partial charge on any atom is 0.416 e. The maximum absolute atomic E-state index is 14.0. The van der Waals surface area contributed by atoms with Crippen LogP contribution >= 0.6 is 0 Å². The van der Waals surface area contributed by atoms with Gasteiger partial charge >= 0.3 is 18.3 Å². The second-order valence-corrected chi connectivity index (χ2v) is 17.5. The highest BCUT2D eigenvalue weighted by Crippen LogP contribution is 2.40. The summed E-state index contributed by atoms with van der Waals surface area (Å²) in [5.74, 6) is 0.212. The monoisotopic (exact) mass is 848 g/mol. The fourth-order valence-electron chi connectivity index (χ4n) is 7.32. The Balaban J connectivity index is 1.38. The summed E-state index contributed by atoms with van der Waals surface area (Å²) in [5, 5.41) is 0. The molecule has 1 saturated carbocycles. The minimum atomic E-state index is -5.04. The molecule has 0 aliphatic heterocycles. The Morgan fingerprint density at radius 3 is 2.07 bits per heavy atom. The molecule has 1 aliphatic rings. The third kappa shape index (κ3) is 13.3. The van der Waals surface area contributed by atoms with Crippen molar-refractivity contribution in [3.8, 4) is 5.75 Å². The molecular weight excluding hydrogens is 799 g/mol. The molecule has 3 aromatic carbocycles. The van der Waals surface area contributed by atoms with E-state index in [-0.39, 0.29) is 60.7 Å². The number of hydrogen-bond donors (Lipinski definition) is 0. The highest BCUT2D eigenvalue weighted by atomic mass is 32.2. The quantitative estimate of drug-likeness (QED) is 0.0760. The number of hydrogen-bond acceptors (Lipinski definition) is 9. The number of benzene rings is 3. The zero-order valence-corrected chi connectivity index (χ0v) is 34.3. The maximum atomic E-state index is 14.0. The molecule has 16 heteroatoms. The Kier molecular flexibility index (Phi) is 14.9. The van der Waals surface area contributed by atoms with Crippen LogP contribution in [0.1, 0.15) is 85.4 Å². The van der Waals surface area contributed by atoms with E-state index in [1.807, 2.05) is 62.4 Å². The summed E-state index contributed by atoms with van der Waals surface area (Å²) in [6.45, 7) is 6.81. The van der Waals surface area contributed by atoms with E-state index in [9.17, 15) is 39.6 Å². The molecule has 59 heavy (non-hydrogen) atoms. The number of anilines is 2. The summed E-state index contributed by atoms with van der Waals surface area (Å²) < 4.78 is 118. The second kappa shape index (κ2) is 19.5. The van der Waals surface area contributed by atoms with Gasteiger partial charge in [0.2, 0.25) is 5.95 Å². The van der Waals surface area contributed by atoms with Gasteiger partial charge in [0.25, 0.3) is 0 Å². The molecule has 0 N–H and O–H groups in total. The van der Waals surface area contributed by atoms with Crippen LogP contribution in [0.5, 0.6) is 5.75 Å². The van der Waals surface area contributed by atoms with Crippen LogP contribution < -0.4 is 14.5 Å². The minimum absolute atomic E-state index is 0.00931. The summed E-state index contributed by atoms with van der Waals surface area (Å²) in [4.78, 5) is 25.2. The van der Waals surface area contributed by atoms with E-state index in [1.165, 1.54) is 19.3 Å². The van der Waals surface area contributed by atoms with Gasteiger partial charge in [-0.2, -0.15) is 26.3 Å². The van der Waals surface area contributed by atoms with Crippen molar-refractivity contribution in [3.05, 3.63) is 113 Å². The first-order valence-corrected chi connectivity index (χ1v) is 21.6. The van der Waals surface area contributed by atoms with Crippen molar-refractivity contribution in [1.82, 2.24) is 9.97 Å². The fraction of sp³-hybridized carbons (Fsp3) is 0.465. The van der Waals surface area contributed by atoms with Crippen LogP contribution in [0, 0.1) is 18.8 Å². The lowest BCUT2D eigenvalue weighted by atomic mass is 9.80. The van der Waals surface area contributed by atoms with Crippen LogP contribution in [0.15, 0.2) is 79.1 Å². The summed E-state index contributed by atoms with van der Waals surface area (Å²) in [6.07, 6.45) is -2.55. The molecule has 1 heterocycles. The van der Waals surface area contributed by atoms with E-state index in [4.69, 9.17) is 9.47 Å². The highest BCUT2D eigenvalue weighted by Gasteiger charge is 2.38. The molecule has 1 fully saturated rings. The van der Waals surface area contributed by atoms with Crippen molar-refractivity contribution in [2.75, 3.05) is 41.5 Å². The predicted molar refractivity (Wildman–Crippen MR) is 214 cm³/mol. The van der Waals surface area contributed by atoms with Gasteiger partial charge < -0.3 is 19.3 Å². The zero-order valence-electron chi connectivity index (χ0n) is 33.5. The molecule has 1 atom stereocenters. The molecule has 0 saturated heterocycles. The Hall–Kier alpha value is -4.86. The van der Waals surface area contributed by atoms with Gasteiger partial charge in [-0.15, -0.1) is 0 Å². The predicted octanol–water partition coefficient (Wildman–Crippen LogP) is 9.78. The molecule has 0 bridgehead atoms. The van der Waals surface area contributed by atoms with Crippen molar-refractivity contribution >= 4 is 27.4 Å².